The lowest BCUT2D eigenvalue weighted by Gasteiger charge is -2.03. The molecule has 0 bridgehead atoms. The summed E-state index contributed by atoms with van der Waals surface area (Å²) in [5, 5.41) is 10.0. The smallest absolute Gasteiger partial charge is 0.0992 e. The van der Waals surface area contributed by atoms with Gasteiger partial charge in [0, 0.05) is 24.7 Å². The maximum atomic E-state index is 8.85. The van der Waals surface area contributed by atoms with Crippen molar-refractivity contribution >= 4 is 10.9 Å². The van der Waals surface area contributed by atoms with Crippen molar-refractivity contribution in [2.45, 2.75) is 19.4 Å². The Hall–Kier alpha value is -2.19. The van der Waals surface area contributed by atoms with Crippen LogP contribution in [0.2, 0.25) is 0 Å². The van der Waals surface area contributed by atoms with Crippen LogP contribution in [0, 0.1) is 23.7 Å². The predicted octanol–water partition coefficient (Wildman–Crippen LogP) is 2.93. The Morgan fingerprint density at radius 1 is 1.31 bits per heavy atom. The predicted molar refractivity (Wildman–Crippen MR) is 64.7 cm³/mol. The monoisotopic (exact) mass is 208 g/mol. The van der Waals surface area contributed by atoms with E-state index in [0.717, 1.165) is 24.9 Å². The number of hydrogen-bond acceptors (Lipinski definition) is 1. The molecule has 0 aliphatic rings. The van der Waals surface area contributed by atoms with Gasteiger partial charge < -0.3 is 4.57 Å². The molecule has 1 heterocycles. The molecule has 0 fully saturated rings. The fourth-order valence-electron chi connectivity index (χ4n) is 1.80. The number of nitrogens with zero attached hydrogens (tertiary/aromatic N) is 2. The van der Waals surface area contributed by atoms with Crippen LogP contribution in [0.25, 0.3) is 10.9 Å². The molecule has 2 heteroatoms. The Labute approximate surface area is 95.1 Å². The van der Waals surface area contributed by atoms with Gasteiger partial charge in [0.15, 0.2) is 0 Å². The molecule has 2 rings (SSSR count). The minimum absolute atomic E-state index is 0.699. The highest BCUT2D eigenvalue weighted by molar-refractivity contribution is 5.81. The molecule has 0 amide bonds. The van der Waals surface area contributed by atoms with Crippen LogP contribution >= 0.6 is 0 Å². The molecule has 0 atom stereocenters. The lowest BCUT2D eigenvalue weighted by atomic mass is 10.2. The fraction of sp³-hybridized carbons (Fsp3) is 0.214. The number of fused-ring (bicyclic) bond motifs is 1. The van der Waals surface area contributed by atoms with Gasteiger partial charge in [0.05, 0.1) is 11.6 Å². The Morgan fingerprint density at radius 3 is 2.94 bits per heavy atom. The second kappa shape index (κ2) is 4.55. The molecule has 0 aliphatic heterocycles. The molecule has 16 heavy (non-hydrogen) atoms. The maximum Gasteiger partial charge on any atom is 0.0992 e. The summed E-state index contributed by atoms with van der Waals surface area (Å²) < 4.78 is 2.15. The summed E-state index contributed by atoms with van der Waals surface area (Å²) >= 11 is 0. The van der Waals surface area contributed by atoms with Gasteiger partial charge in [-0.1, -0.05) is 6.07 Å². The Balaban J connectivity index is 2.32. The summed E-state index contributed by atoms with van der Waals surface area (Å²) in [5.74, 6) is 2.64. The van der Waals surface area contributed by atoms with E-state index in [9.17, 15) is 0 Å². The average Bonchev–Trinajstić information content (AvgIpc) is 2.72. The third-order valence-electron chi connectivity index (χ3n) is 2.62. The first kappa shape index (κ1) is 10.3. The molecule has 0 saturated heterocycles. The lowest BCUT2D eigenvalue weighted by Crippen LogP contribution is -1.95. The van der Waals surface area contributed by atoms with Crippen molar-refractivity contribution in [3.05, 3.63) is 36.0 Å². The van der Waals surface area contributed by atoms with E-state index >= 15 is 0 Å². The van der Waals surface area contributed by atoms with Gasteiger partial charge in [-0.25, -0.2) is 0 Å². The third kappa shape index (κ3) is 1.92. The van der Waals surface area contributed by atoms with Crippen LogP contribution in [0.4, 0.5) is 0 Å². The number of benzene rings is 1. The largest absolute Gasteiger partial charge is 0.347 e. The van der Waals surface area contributed by atoms with Gasteiger partial charge in [0.2, 0.25) is 0 Å². The molecule has 0 spiro atoms. The van der Waals surface area contributed by atoms with Crippen LogP contribution in [0.15, 0.2) is 30.5 Å². The normalized spacial score (nSPS) is 9.88. The van der Waals surface area contributed by atoms with Crippen molar-refractivity contribution in [2.24, 2.45) is 0 Å². The summed E-state index contributed by atoms with van der Waals surface area (Å²) in [7, 11) is 0. The average molecular weight is 208 g/mol. The van der Waals surface area contributed by atoms with Crippen molar-refractivity contribution in [1.82, 2.24) is 4.57 Å². The van der Waals surface area contributed by atoms with E-state index in [4.69, 9.17) is 11.7 Å². The van der Waals surface area contributed by atoms with E-state index < -0.39 is 0 Å². The van der Waals surface area contributed by atoms with Crippen molar-refractivity contribution in [1.29, 1.82) is 5.26 Å². The second-order valence-corrected chi connectivity index (χ2v) is 3.70. The van der Waals surface area contributed by atoms with E-state index in [1.165, 1.54) is 5.39 Å². The topological polar surface area (TPSA) is 28.7 Å². The molecule has 0 aliphatic carbocycles. The first-order valence-corrected chi connectivity index (χ1v) is 5.27. The minimum Gasteiger partial charge on any atom is -0.347 e. The highest BCUT2D eigenvalue weighted by Gasteiger charge is 2.01. The van der Waals surface area contributed by atoms with Gasteiger partial charge in [-0.2, -0.15) is 5.26 Å². The van der Waals surface area contributed by atoms with Crippen LogP contribution in [-0.2, 0) is 6.54 Å². The van der Waals surface area contributed by atoms with Crippen LogP contribution in [0.5, 0.6) is 0 Å². The van der Waals surface area contributed by atoms with E-state index in [2.05, 4.69) is 22.6 Å². The van der Waals surface area contributed by atoms with E-state index in [1.807, 2.05) is 24.4 Å². The summed E-state index contributed by atoms with van der Waals surface area (Å²) in [6, 6.07) is 9.96. The van der Waals surface area contributed by atoms with Crippen molar-refractivity contribution in [3.63, 3.8) is 0 Å². The number of aromatic nitrogens is 1. The Morgan fingerprint density at radius 2 is 2.19 bits per heavy atom. The number of terminal acetylenes is 1. The number of unbranched alkanes of at least 4 members (excludes halogenated alkanes) is 1. The quantitative estimate of drug-likeness (QED) is 0.563. The first-order chi connectivity index (χ1) is 7.85. The molecule has 0 N–H and O–H groups in total. The molecule has 0 unspecified atom stereocenters. The van der Waals surface area contributed by atoms with Crippen LogP contribution in [-0.4, -0.2) is 4.57 Å². The molecule has 0 radical (unpaired) electrons. The van der Waals surface area contributed by atoms with Gasteiger partial charge in [0.1, 0.15) is 0 Å². The summed E-state index contributed by atoms with van der Waals surface area (Å²) in [6.07, 6.45) is 9.03. The number of rotatable bonds is 3. The molecular weight excluding hydrogens is 196 g/mol. The van der Waals surface area contributed by atoms with Gasteiger partial charge in [-0.15, -0.1) is 12.3 Å². The van der Waals surface area contributed by atoms with E-state index in [-0.39, 0.29) is 0 Å². The van der Waals surface area contributed by atoms with E-state index in [1.54, 1.807) is 0 Å². The standard InChI is InChI=1S/C14H12N2/c1-2-3-4-8-16-9-7-13-6-5-12(11-15)10-14(13)16/h1,5-7,9-10H,3-4,8H2. The maximum absolute atomic E-state index is 8.85. The fourth-order valence-corrected chi connectivity index (χ4v) is 1.80. The molecule has 0 saturated carbocycles. The molecule has 1 aromatic carbocycles. The number of hydrogen-bond donors (Lipinski definition) is 0. The second-order valence-electron chi connectivity index (χ2n) is 3.70. The molecular formula is C14H12N2. The van der Waals surface area contributed by atoms with Gasteiger partial charge in [-0.3, -0.25) is 0 Å². The number of aryl methyl sites for hydroxylation is 1. The molecule has 78 valence electrons. The molecule has 2 nitrogen and oxygen atoms in total. The Kier molecular flexibility index (Phi) is 2.94. The summed E-state index contributed by atoms with van der Waals surface area (Å²) in [5.41, 5.74) is 1.81. The van der Waals surface area contributed by atoms with Crippen LogP contribution < -0.4 is 0 Å². The van der Waals surface area contributed by atoms with Crippen molar-refractivity contribution < 1.29 is 0 Å². The Bertz CT molecular complexity index is 579. The zero-order chi connectivity index (χ0) is 11.4. The van der Waals surface area contributed by atoms with Crippen LogP contribution in [0.3, 0.4) is 0 Å². The zero-order valence-corrected chi connectivity index (χ0v) is 8.98. The summed E-state index contributed by atoms with van der Waals surface area (Å²) in [4.78, 5) is 0. The highest BCUT2D eigenvalue weighted by atomic mass is 14.9. The number of nitriles is 1. The minimum atomic E-state index is 0.699. The van der Waals surface area contributed by atoms with Crippen molar-refractivity contribution in [3.8, 4) is 18.4 Å². The first-order valence-electron chi connectivity index (χ1n) is 5.27. The van der Waals surface area contributed by atoms with Crippen molar-refractivity contribution in [2.75, 3.05) is 0 Å². The zero-order valence-electron chi connectivity index (χ0n) is 8.98. The molecule has 2 aromatic rings. The van der Waals surface area contributed by atoms with E-state index in [0.29, 0.717) is 5.56 Å². The van der Waals surface area contributed by atoms with Gasteiger partial charge in [-0.05, 0) is 30.0 Å². The third-order valence-corrected chi connectivity index (χ3v) is 2.62. The molecule has 1 aromatic heterocycles. The van der Waals surface area contributed by atoms with Gasteiger partial charge >= 0.3 is 0 Å². The van der Waals surface area contributed by atoms with Gasteiger partial charge in [0.25, 0.3) is 0 Å². The SMILES string of the molecule is C#CCCCn1ccc2ccc(C#N)cc21. The lowest BCUT2D eigenvalue weighted by molar-refractivity contribution is 0.677. The van der Waals surface area contributed by atoms with Crippen LogP contribution in [0.1, 0.15) is 18.4 Å². The highest BCUT2D eigenvalue weighted by Crippen LogP contribution is 2.17. The summed E-state index contributed by atoms with van der Waals surface area (Å²) in [6.45, 7) is 0.905.